The SMILES string of the molecule is COc1ccc2c(c1O)C(=O)C=C(Cl)C2=O. The standard InChI is InChI=1S/C11H7ClO4/c1-16-8-3-2-5-9(11(8)15)7(13)4-6(12)10(5)14/h2-4,15H,1H3. The van der Waals surface area contributed by atoms with Crippen LogP contribution < -0.4 is 4.74 Å². The largest absolute Gasteiger partial charge is 0.504 e. The first-order chi connectivity index (χ1) is 7.56. The molecule has 1 N–H and O–H groups in total. The van der Waals surface area contributed by atoms with Crippen LogP contribution in [0.1, 0.15) is 20.7 Å². The Balaban J connectivity index is 2.73. The summed E-state index contributed by atoms with van der Waals surface area (Å²) >= 11 is 5.59. The zero-order valence-electron chi connectivity index (χ0n) is 8.28. The number of aromatic hydroxyl groups is 1. The van der Waals surface area contributed by atoms with Crippen LogP contribution in [0.5, 0.6) is 11.5 Å². The van der Waals surface area contributed by atoms with Gasteiger partial charge in [0.05, 0.1) is 17.7 Å². The summed E-state index contributed by atoms with van der Waals surface area (Å²) in [6.45, 7) is 0. The minimum atomic E-state index is -0.504. The fraction of sp³-hybridized carbons (Fsp3) is 0.0909. The first-order valence-electron chi connectivity index (χ1n) is 4.42. The Morgan fingerprint density at radius 2 is 2.00 bits per heavy atom. The predicted molar refractivity (Wildman–Crippen MR) is 57.3 cm³/mol. The van der Waals surface area contributed by atoms with Gasteiger partial charge in [-0.05, 0) is 12.1 Å². The number of hydrogen-bond donors (Lipinski definition) is 1. The summed E-state index contributed by atoms with van der Waals surface area (Å²) < 4.78 is 4.85. The van der Waals surface area contributed by atoms with Crippen LogP contribution in [-0.4, -0.2) is 23.8 Å². The number of methoxy groups -OCH3 is 1. The third-order valence-corrected chi connectivity index (χ3v) is 2.61. The van der Waals surface area contributed by atoms with Gasteiger partial charge in [0.1, 0.15) is 0 Å². The Hall–Kier alpha value is -1.81. The van der Waals surface area contributed by atoms with Gasteiger partial charge in [-0.3, -0.25) is 9.59 Å². The molecule has 1 aromatic rings. The van der Waals surface area contributed by atoms with Crippen molar-refractivity contribution in [2.45, 2.75) is 0 Å². The molecule has 2 rings (SSSR count). The lowest BCUT2D eigenvalue weighted by Crippen LogP contribution is -2.14. The fourth-order valence-corrected chi connectivity index (χ4v) is 1.76. The second-order valence-corrected chi connectivity index (χ2v) is 3.63. The average molecular weight is 239 g/mol. The quantitative estimate of drug-likeness (QED) is 0.812. The van der Waals surface area contributed by atoms with Gasteiger partial charge in [0.25, 0.3) is 0 Å². The van der Waals surface area contributed by atoms with Crippen molar-refractivity contribution in [2.75, 3.05) is 7.11 Å². The summed E-state index contributed by atoms with van der Waals surface area (Å²) in [6, 6.07) is 2.82. The monoisotopic (exact) mass is 238 g/mol. The molecule has 0 amide bonds. The highest BCUT2D eigenvalue weighted by Crippen LogP contribution is 2.36. The number of phenolic OH excluding ortho intramolecular Hbond substituents is 1. The van der Waals surface area contributed by atoms with Crippen LogP contribution in [0.3, 0.4) is 0 Å². The average Bonchev–Trinajstić information content (AvgIpc) is 2.25. The van der Waals surface area contributed by atoms with Crippen LogP contribution in [0, 0.1) is 0 Å². The molecule has 1 aromatic carbocycles. The van der Waals surface area contributed by atoms with Crippen LogP contribution in [0.4, 0.5) is 0 Å². The lowest BCUT2D eigenvalue weighted by Gasteiger charge is -2.14. The van der Waals surface area contributed by atoms with Gasteiger partial charge < -0.3 is 9.84 Å². The van der Waals surface area contributed by atoms with Gasteiger partial charge in [-0.15, -0.1) is 0 Å². The summed E-state index contributed by atoms with van der Waals surface area (Å²) in [7, 11) is 1.36. The molecule has 0 spiro atoms. The summed E-state index contributed by atoms with van der Waals surface area (Å²) in [5.41, 5.74) is 0.0320. The van der Waals surface area contributed by atoms with Crippen LogP contribution in [-0.2, 0) is 0 Å². The summed E-state index contributed by atoms with van der Waals surface area (Å²) in [4.78, 5) is 23.2. The molecule has 0 saturated carbocycles. The van der Waals surface area contributed by atoms with Crippen molar-refractivity contribution in [3.63, 3.8) is 0 Å². The molecule has 16 heavy (non-hydrogen) atoms. The van der Waals surface area contributed by atoms with Crippen molar-refractivity contribution >= 4 is 23.2 Å². The molecule has 0 bridgehead atoms. The molecule has 0 heterocycles. The molecule has 0 unspecified atom stereocenters. The first kappa shape index (κ1) is 10.7. The zero-order chi connectivity index (χ0) is 11.9. The Bertz CT molecular complexity index is 531. The van der Waals surface area contributed by atoms with Crippen LogP contribution in [0.15, 0.2) is 23.2 Å². The number of ether oxygens (including phenoxy) is 1. The van der Waals surface area contributed by atoms with Gasteiger partial charge in [0.2, 0.25) is 5.78 Å². The first-order valence-corrected chi connectivity index (χ1v) is 4.80. The van der Waals surface area contributed by atoms with Crippen LogP contribution in [0.2, 0.25) is 0 Å². The van der Waals surface area contributed by atoms with Crippen molar-refractivity contribution in [1.82, 2.24) is 0 Å². The number of phenols is 1. The van der Waals surface area contributed by atoms with E-state index in [0.29, 0.717) is 0 Å². The predicted octanol–water partition coefficient (Wildman–Crippen LogP) is 1.90. The zero-order valence-corrected chi connectivity index (χ0v) is 9.04. The number of Topliss-reactive ketones (excluding diaryl/α,β-unsaturated/α-hetero) is 1. The Morgan fingerprint density at radius 3 is 2.62 bits per heavy atom. The summed E-state index contributed by atoms with van der Waals surface area (Å²) in [5, 5.41) is 9.59. The Labute approximate surface area is 96.1 Å². The van der Waals surface area contributed by atoms with Gasteiger partial charge in [-0.25, -0.2) is 0 Å². The topological polar surface area (TPSA) is 63.6 Å². The van der Waals surface area contributed by atoms with Crippen molar-refractivity contribution in [2.24, 2.45) is 0 Å². The normalized spacial score (nSPS) is 14.5. The maximum Gasteiger partial charge on any atom is 0.205 e. The van der Waals surface area contributed by atoms with E-state index in [4.69, 9.17) is 16.3 Å². The lowest BCUT2D eigenvalue weighted by molar-refractivity contribution is 0.0987. The minimum Gasteiger partial charge on any atom is -0.504 e. The van der Waals surface area contributed by atoms with E-state index in [9.17, 15) is 14.7 Å². The number of carbonyl (C=O) groups excluding carboxylic acids is 2. The highest BCUT2D eigenvalue weighted by molar-refractivity contribution is 6.49. The molecular formula is C11H7ClO4. The van der Waals surface area contributed by atoms with Crippen LogP contribution >= 0.6 is 11.6 Å². The van der Waals surface area contributed by atoms with Crippen molar-refractivity contribution < 1.29 is 19.4 Å². The van der Waals surface area contributed by atoms with E-state index in [0.717, 1.165) is 6.08 Å². The molecule has 5 heteroatoms. The molecule has 82 valence electrons. The molecule has 0 radical (unpaired) electrons. The van der Waals surface area contributed by atoms with E-state index >= 15 is 0 Å². The maximum atomic E-state index is 11.6. The van der Waals surface area contributed by atoms with Crippen LogP contribution in [0.25, 0.3) is 0 Å². The number of benzene rings is 1. The fourth-order valence-electron chi connectivity index (χ4n) is 1.56. The Morgan fingerprint density at radius 1 is 1.31 bits per heavy atom. The number of fused-ring (bicyclic) bond motifs is 1. The smallest absolute Gasteiger partial charge is 0.205 e. The van der Waals surface area contributed by atoms with Gasteiger partial charge in [-0.1, -0.05) is 11.6 Å². The number of allylic oxidation sites excluding steroid dienone is 2. The van der Waals surface area contributed by atoms with Crippen molar-refractivity contribution in [3.8, 4) is 11.5 Å². The highest BCUT2D eigenvalue weighted by atomic mass is 35.5. The van der Waals surface area contributed by atoms with E-state index < -0.39 is 11.6 Å². The van der Waals surface area contributed by atoms with E-state index in [1.165, 1.54) is 19.2 Å². The van der Waals surface area contributed by atoms with Gasteiger partial charge in [-0.2, -0.15) is 0 Å². The number of ketones is 2. The maximum absolute atomic E-state index is 11.6. The second kappa shape index (κ2) is 3.64. The molecule has 0 saturated heterocycles. The second-order valence-electron chi connectivity index (χ2n) is 3.22. The lowest BCUT2D eigenvalue weighted by atomic mass is 9.93. The number of rotatable bonds is 1. The van der Waals surface area contributed by atoms with E-state index in [1.54, 1.807) is 0 Å². The summed E-state index contributed by atoms with van der Waals surface area (Å²) in [5.74, 6) is -1.17. The Kier molecular flexibility index (Phi) is 2.44. The van der Waals surface area contributed by atoms with E-state index in [-0.39, 0.29) is 27.7 Å². The third-order valence-electron chi connectivity index (χ3n) is 2.33. The van der Waals surface area contributed by atoms with Gasteiger partial charge in [0, 0.05) is 11.6 Å². The highest BCUT2D eigenvalue weighted by Gasteiger charge is 2.28. The molecule has 0 fully saturated rings. The molecule has 4 nitrogen and oxygen atoms in total. The minimum absolute atomic E-state index is 0.0613. The van der Waals surface area contributed by atoms with Gasteiger partial charge in [0.15, 0.2) is 17.3 Å². The molecular weight excluding hydrogens is 232 g/mol. The molecule has 0 atom stereocenters. The number of halogens is 1. The third kappa shape index (κ3) is 1.39. The van der Waals surface area contributed by atoms with Crippen molar-refractivity contribution in [3.05, 3.63) is 34.4 Å². The van der Waals surface area contributed by atoms with Gasteiger partial charge >= 0.3 is 0 Å². The van der Waals surface area contributed by atoms with E-state index in [2.05, 4.69) is 0 Å². The molecule has 1 aliphatic rings. The molecule has 0 aromatic heterocycles. The number of carbonyl (C=O) groups is 2. The number of hydrogen-bond acceptors (Lipinski definition) is 4. The molecule has 0 aliphatic heterocycles. The van der Waals surface area contributed by atoms with Crippen molar-refractivity contribution in [1.29, 1.82) is 0 Å². The molecule has 1 aliphatic carbocycles. The summed E-state index contributed by atoms with van der Waals surface area (Å²) in [6.07, 6.45) is 0.991. The van der Waals surface area contributed by atoms with E-state index in [1.807, 2.05) is 0 Å².